The zero-order valence-electron chi connectivity index (χ0n) is 20.6. The SMILES string of the molecule is CC1(C)CCN(c2nnc(NC(=O)c3ccc(OC(F)(F)F)c(NC(=O)CN4CCOCC4)c3)s2)CC1. The molecule has 10 nitrogen and oxygen atoms in total. The third-order valence-corrected chi connectivity index (χ3v) is 7.13. The number of hydrogen-bond donors (Lipinski definition) is 2. The number of ether oxygens (including phenoxy) is 2. The molecule has 1 aromatic carbocycles. The smallest absolute Gasteiger partial charge is 0.404 e. The number of alkyl halides is 3. The summed E-state index contributed by atoms with van der Waals surface area (Å²) in [4.78, 5) is 29.3. The summed E-state index contributed by atoms with van der Waals surface area (Å²) in [7, 11) is 0. The minimum atomic E-state index is -4.97. The lowest BCUT2D eigenvalue weighted by molar-refractivity contribution is -0.274. The van der Waals surface area contributed by atoms with Crippen LogP contribution in [0.5, 0.6) is 5.75 Å². The fourth-order valence-electron chi connectivity index (χ4n) is 4.00. The summed E-state index contributed by atoms with van der Waals surface area (Å²) in [5, 5.41) is 14.2. The number of halogens is 3. The molecule has 14 heteroatoms. The number of nitrogens with one attached hydrogen (secondary N) is 2. The van der Waals surface area contributed by atoms with E-state index in [4.69, 9.17) is 4.74 Å². The topological polar surface area (TPSA) is 109 Å². The van der Waals surface area contributed by atoms with E-state index in [0.717, 1.165) is 38.1 Å². The minimum absolute atomic E-state index is 0.0210. The molecule has 2 aliphatic heterocycles. The minimum Gasteiger partial charge on any atom is -0.404 e. The first kappa shape index (κ1) is 27.1. The van der Waals surface area contributed by atoms with Crippen molar-refractivity contribution >= 4 is 39.1 Å². The van der Waals surface area contributed by atoms with Crippen LogP contribution in [-0.2, 0) is 9.53 Å². The fourth-order valence-corrected chi connectivity index (χ4v) is 4.79. The van der Waals surface area contributed by atoms with Gasteiger partial charge in [-0.1, -0.05) is 25.2 Å². The molecule has 0 unspecified atom stereocenters. The number of rotatable bonds is 7. The summed E-state index contributed by atoms with van der Waals surface area (Å²) in [5.74, 6) is -1.76. The summed E-state index contributed by atoms with van der Waals surface area (Å²) < 4.78 is 48.1. The van der Waals surface area contributed by atoms with Gasteiger partial charge < -0.3 is 19.7 Å². The zero-order valence-corrected chi connectivity index (χ0v) is 21.4. The van der Waals surface area contributed by atoms with E-state index in [-0.39, 0.29) is 28.3 Å². The molecular formula is C23H29F3N6O4S. The lowest BCUT2D eigenvalue weighted by Gasteiger charge is -2.36. The van der Waals surface area contributed by atoms with Crippen LogP contribution in [0.15, 0.2) is 18.2 Å². The molecule has 202 valence electrons. The molecule has 0 atom stereocenters. The molecule has 3 heterocycles. The third kappa shape index (κ3) is 7.76. The Morgan fingerprint density at radius 2 is 1.81 bits per heavy atom. The average molecular weight is 543 g/mol. The number of anilines is 3. The maximum absolute atomic E-state index is 12.9. The third-order valence-electron chi connectivity index (χ3n) is 6.23. The van der Waals surface area contributed by atoms with Gasteiger partial charge in [-0.05, 0) is 36.5 Å². The van der Waals surface area contributed by atoms with Crippen molar-refractivity contribution in [1.29, 1.82) is 0 Å². The Labute approximate surface area is 216 Å². The van der Waals surface area contributed by atoms with Gasteiger partial charge in [-0.25, -0.2) is 0 Å². The van der Waals surface area contributed by atoms with E-state index in [1.54, 1.807) is 0 Å². The highest BCUT2D eigenvalue weighted by Crippen LogP contribution is 2.35. The highest BCUT2D eigenvalue weighted by atomic mass is 32.1. The van der Waals surface area contributed by atoms with Crippen molar-refractivity contribution in [3.8, 4) is 5.75 Å². The Balaban J connectivity index is 1.44. The molecule has 2 aromatic rings. The molecule has 2 N–H and O–H groups in total. The van der Waals surface area contributed by atoms with Crippen LogP contribution in [0.2, 0.25) is 0 Å². The van der Waals surface area contributed by atoms with Gasteiger partial charge in [0.05, 0.1) is 25.4 Å². The quantitative estimate of drug-likeness (QED) is 0.547. The molecule has 0 spiro atoms. The lowest BCUT2D eigenvalue weighted by Crippen LogP contribution is -2.41. The average Bonchev–Trinajstić information content (AvgIpc) is 3.28. The normalized spacial score (nSPS) is 18.4. The van der Waals surface area contributed by atoms with Gasteiger partial charge >= 0.3 is 6.36 Å². The van der Waals surface area contributed by atoms with Crippen LogP contribution in [-0.4, -0.2) is 79.2 Å². The van der Waals surface area contributed by atoms with Gasteiger partial charge in [0.25, 0.3) is 5.91 Å². The van der Waals surface area contributed by atoms with Crippen molar-refractivity contribution in [1.82, 2.24) is 15.1 Å². The predicted octanol–water partition coefficient (Wildman–Crippen LogP) is 3.59. The van der Waals surface area contributed by atoms with Gasteiger partial charge in [0.2, 0.25) is 16.2 Å². The van der Waals surface area contributed by atoms with E-state index in [1.807, 2.05) is 4.90 Å². The number of carbonyl (C=O) groups is 2. The highest BCUT2D eigenvalue weighted by molar-refractivity contribution is 7.19. The van der Waals surface area contributed by atoms with Crippen LogP contribution in [0.25, 0.3) is 0 Å². The van der Waals surface area contributed by atoms with Crippen molar-refractivity contribution in [3.05, 3.63) is 23.8 Å². The number of amides is 2. The standard InChI is InChI=1S/C23H29F3N6O4S/c1-22(2)5-7-32(8-6-22)21-30-29-20(37-21)28-19(34)15-3-4-17(36-23(24,25)26)16(13-15)27-18(33)14-31-9-11-35-12-10-31/h3-4,13H,5-12,14H2,1-2H3,(H,27,33)(H,28,29,34). The predicted molar refractivity (Wildman–Crippen MR) is 132 cm³/mol. The molecule has 2 fully saturated rings. The van der Waals surface area contributed by atoms with Gasteiger partial charge in [-0.3, -0.25) is 19.8 Å². The summed E-state index contributed by atoms with van der Waals surface area (Å²) in [5.41, 5.74) is 0.0278. The molecule has 0 aliphatic carbocycles. The second kappa shape index (κ2) is 11.2. The van der Waals surface area contributed by atoms with E-state index >= 15 is 0 Å². The van der Waals surface area contributed by atoms with Crippen molar-refractivity contribution in [3.63, 3.8) is 0 Å². The lowest BCUT2D eigenvalue weighted by atomic mass is 9.83. The van der Waals surface area contributed by atoms with Gasteiger partial charge in [-0.2, -0.15) is 0 Å². The number of benzene rings is 1. The molecule has 2 aliphatic rings. The number of piperidine rings is 1. The summed E-state index contributed by atoms with van der Waals surface area (Å²) in [6.45, 7) is 8.07. The number of carbonyl (C=O) groups excluding carboxylic acids is 2. The van der Waals surface area contributed by atoms with Crippen molar-refractivity contribution in [2.75, 3.05) is 61.5 Å². The maximum atomic E-state index is 12.9. The molecule has 2 amide bonds. The first-order valence-electron chi connectivity index (χ1n) is 11.9. The van der Waals surface area contributed by atoms with E-state index < -0.39 is 23.9 Å². The molecule has 0 radical (unpaired) electrons. The Kier molecular flexibility index (Phi) is 8.19. The van der Waals surface area contributed by atoms with Crippen LogP contribution < -0.4 is 20.3 Å². The summed E-state index contributed by atoms with van der Waals surface area (Å²) >= 11 is 1.22. The summed E-state index contributed by atoms with van der Waals surface area (Å²) in [6.07, 6.45) is -2.94. The van der Waals surface area contributed by atoms with Crippen LogP contribution in [0.1, 0.15) is 37.0 Å². The molecule has 4 rings (SSSR count). The number of morpholine rings is 1. The monoisotopic (exact) mass is 542 g/mol. The van der Waals surface area contributed by atoms with Crippen molar-refractivity contribution < 1.29 is 32.2 Å². The van der Waals surface area contributed by atoms with Gasteiger partial charge in [0.15, 0.2) is 5.75 Å². The zero-order chi connectivity index (χ0) is 26.6. The molecule has 0 saturated carbocycles. The molecule has 2 saturated heterocycles. The van der Waals surface area contributed by atoms with Crippen molar-refractivity contribution in [2.45, 2.75) is 33.1 Å². The van der Waals surface area contributed by atoms with E-state index in [1.165, 1.54) is 17.4 Å². The number of nitrogens with zero attached hydrogens (tertiary/aromatic N) is 4. The highest BCUT2D eigenvalue weighted by Gasteiger charge is 2.33. The molecule has 1 aromatic heterocycles. The number of hydrogen-bond acceptors (Lipinski definition) is 9. The van der Waals surface area contributed by atoms with Crippen LogP contribution in [0.4, 0.5) is 29.1 Å². The summed E-state index contributed by atoms with van der Waals surface area (Å²) in [6, 6.07) is 3.32. The second-order valence-corrected chi connectivity index (χ2v) is 10.6. The Hall–Kier alpha value is -2.97. The molecule has 0 bridgehead atoms. The van der Waals surface area contributed by atoms with E-state index in [2.05, 4.69) is 44.3 Å². The van der Waals surface area contributed by atoms with Crippen molar-refractivity contribution in [2.24, 2.45) is 5.41 Å². The van der Waals surface area contributed by atoms with Gasteiger partial charge in [0.1, 0.15) is 0 Å². The van der Waals surface area contributed by atoms with Crippen LogP contribution >= 0.6 is 11.3 Å². The second-order valence-electron chi connectivity index (χ2n) is 9.69. The molecule has 37 heavy (non-hydrogen) atoms. The largest absolute Gasteiger partial charge is 0.573 e. The number of aromatic nitrogens is 2. The van der Waals surface area contributed by atoms with Crippen LogP contribution in [0.3, 0.4) is 0 Å². The molecular weight excluding hydrogens is 513 g/mol. The van der Waals surface area contributed by atoms with E-state index in [9.17, 15) is 22.8 Å². The first-order chi connectivity index (χ1) is 17.5. The van der Waals surface area contributed by atoms with Gasteiger partial charge in [-0.15, -0.1) is 23.4 Å². The van der Waals surface area contributed by atoms with Crippen LogP contribution in [0, 0.1) is 5.41 Å². The van der Waals surface area contributed by atoms with E-state index in [0.29, 0.717) is 31.4 Å². The Morgan fingerprint density at radius 1 is 1.11 bits per heavy atom. The maximum Gasteiger partial charge on any atom is 0.573 e. The first-order valence-corrected chi connectivity index (χ1v) is 12.7. The Morgan fingerprint density at radius 3 is 2.49 bits per heavy atom. The Bertz CT molecular complexity index is 1110. The van der Waals surface area contributed by atoms with Gasteiger partial charge in [0, 0.05) is 31.7 Å². The fraction of sp³-hybridized carbons (Fsp3) is 0.565.